The maximum absolute atomic E-state index is 14.2. The van der Waals surface area contributed by atoms with Crippen molar-refractivity contribution < 1.29 is 66.5 Å². The molecule has 4 nitrogen and oxygen atoms in total. The number of rotatable bonds is 3. The molecule has 1 aromatic heterocycles. The molecule has 0 aliphatic rings. The number of hydrogen-bond acceptors (Lipinski definition) is 3. The minimum atomic E-state index is -5.79. The third kappa shape index (κ3) is 4.07. The van der Waals surface area contributed by atoms with Crippen LogP contribution in [0.25, 0.3) is 5.69 Å². The Kier molecular flexibility index (Phi) is 6.72. The third-order valence-electron chi connectivity index (χ3n) is 4.12. The molecule has 14 heteroatoms. The Bertz CT molecular complexity index is 1190. The number of aromatic hydroxyl groups is 1. The Balaban J connectivity index is 0.00000363. The number of nitrogens with zero attached hydrogens (tertiary/aromatic N) is 2. The van der Waals surface area contributed by atoms with Crippen molar-refractivity contribution in [3.63, 3.8) is 0 Å². The Labute approximate surface area is 182 Å². The molecule has 0 unspecified atom stereocenters. The maximum Gasteiger partial charge on any atom is 0.422 e. The number of benzene rings is 2. The van der Waals surface area contributed by atoms with Gasteiger partial charge in [0, 0.05) is 28.7 Å². The third-order valence-corrected chi connectivity index (χ3v) is 4.12. The molecule has 1 heterocycles. The molecule has 0 fully saturated rings. The molecule has 0 amide bonds. The van der Waals surface area contributed by atoms with Crippen LogP contribution in [0.15, 0.2) is 18.2 Å². The molecule has 1 N–H and O–H groups in total. The average molecular weight is 518 g/mol. The minimum Gasteiger partial charge on any atom is -0.493 e. The number of halogens is 9. The molecule has 0 saturated heterocycles. The van der Waals surface area contributed by atoms with Gasteiger partial charge in [0.25, 0.3) is 0 Å². The van der Waals surface area contributed by atoms with E-state index in [0.717, 1.165) is 6.92 Å². The van der Waals surface area contributed by atoms with Gasteiger partial charge in [0.15, 0.2) is 23.3 Å². The second-order valence-corrected chi connectivity index (χ2v) is 6.16. The van der Waals surface area contributed by atoms with Crippen LogP contribution in [0, 0.1) is 41.8 Å². The summed E-state index contributed by atoms with van der Waals surface area (Å²) in [6.45, 7) is 0.978. The van der Waals surface area contributed by atoms with Gasteiger partial charge in [-0.3, -0.25) is 4.79 Å². The van der Waals surface area contributed by atoms with Gasteiger partial charge < -0.3 is 5.11 Å². The van der Waals surface area contributed by atoms with Gasteiger partial charge in [0.05, 0.1) is 5.69 Å². The van der Waals surface area contributed by atoms with E-state index in [9.17, 15) is 49.4 Å². The van der Waals surface area contributed by atoms with Gasteiger partial charge in [0.1, 0.15) is 28.4 Å². The SMILES string of the molecule is Cc1nn(-c2c(F)c(F)c(C(F)(F)F)c(F)c2F)c(O)c1C(=O)c1cc(F)cc(F)c1.[Cu]. The monoisotopic (exact) mass is 517 g/mol. The van der Waals surface area contributed by atoms with Gasteiger partial charge in [0.2, 0.25) is 11.7 Å². The van der Waals surface area contributed by atoms with E-state index in [0.29, 0.717) is 18.2 Å². The van der Waals surface area contributed by atoms with Gasteiger partial charge in [-0.05, 0) is 19.1 Å². The van der Waals surface area contributed by atoms with Crippen molar-refractivity contribution in [3.05, 3.63) is 75.5 Å². The van der Waals surface area contributed by atoms with Crippen LogP contribution in [0.1, 0.15) is 27.2 Å². The zero-order chi connectivity index (χ0) is 23.4. The Morgan fingerprint density at radius 3 is 1.81 bits per heavy atom. The van der Waals surface area contributed by atoms with Crippen molar-refractivity contribution in [1.82, 2.24) is 9.78 Å². The molecule has 3 rings (SSSR count). The minimum absolute atomic E-state index is 0. The van der Waals surface area contributed by atoms with Crippen molar-refractivity contribution in [2.45, 2.75) is 13.1 Å². The Morgan fingerprint density at radius 2 is 1.38 bits per heavy atom. The fourth-order valence-corrected chi connectivity index (χ4v) is 2.82. The van der Waals surface area contributed by atoms with Crippen LogP contribution < -0.4 is 0 Å². The molecule has 0 aliphatic heterocycles. The van der Waals surface area contributed by atoms with E-state index in [1.165, 1.54) is 0 Å². The first-order valence-corrected chi connectivity index (χ1v) is 7.98. The van der Waals surface area contributed by atoms with E-state index in [2.05, 4.69) is 5.10 Å². The normalized spacial score (nSPS) is 11.4. The largest absolute Gasteiger partial charge is 0.493 e. The zero-order valence-corrected chi connectivity index (χ0v) is 16.1. The van der Waals surface area contributed by atoms with E-state index in [-0.39, 0.29) is 21.8 Å². The molecule has 3 aromatic rings. The van der Waals surface area contributed by atoms with E-state index < -0.39 is 80.8 Å². The summed E-state index contributed by atoms with van der Waals surface area (Å²) in [5, 5.41) is 13.5. The van der Waals surface area contributed by atoms with Crippen molar-refractivity contribution in [2.24, 2.45) is 0 Å². The number of carbonyl (C=O) groups is 1. The number of ketones is 1. The summed E-state index contributed by atoms with van der Waals surface area (Å²) in [6, 6.07) is 1.53. The molecular weight excluding hydrogens is 511 g/mol. The van der Waals surface area contributed by atoms with Crippen molar-refractivity contribution in [2.75, 3.05) is 0 Å². The van der Waals surface area contributed by atoms with E-state index in [1.54, 1.807) is 0 Å². The van der Waals surface area contributed by atoms with Crippen molar-refractivity contribution in [3.8, 4) is 11.6 Å². The molecular formula is C18H7CuF9N2O2. The summed E-state index contributed by atoms with van der Waals surface area (Å²) < 4.78 is 121. The molecule has 175 valence electrons. The fourth-order valence-electron chi connectivity index (χ4n) is 2.82. The second-order valence-electron chi connectivity index (χ2n) is 6.16. The van der Waals surface area contributed by atoms with Crippen LogP contribution in [-0.4, -0.2) is 20.7 Å². The summed E-state index contributed by atoms with van der Waals surface area (Å²) in [6.07, 6.45) is -5.79. The molecule has 0 saturated carbocycles. The molecule has 2 aromatic carbocycles. The van der Waals surface area contributed by atoms with Gasteiger partial charge in [-0.25, -0.2) is 26.3 Å². The van der Waals surface area contributed by atoms with Gasteiger partial charge in [-0.1, -0.05) is 0 Å². The number of aryl methyl sites for hydroxylation is 1. The maximum atomic E-state index is 14.2. The van der Waals surface area contributed by atoms with Crippen LogP contribution >= 0.6 is 0 Å². The smallest absolute Gasteiger partial charge is 0.422 e. The summed E-state index contributed by atoms with van der Waals surface area (Å²) in [5.41, 5.74) is -6.79. The predicted molar refractivity (Wildman–Crippen MR) is 84.6 cm³/mol. The fraction of sp³-hybridized carbons (Fsp3) is 0.111. The molecule has 0 atom stereocenters. The van der Waals surface area contributed by atoms with Crippen LogP contribution in [0.3, 0.4) is 0 Å². The number of alkyl halides is 3. The van der Waals surface area contributed by atoms with Crippen LogP contribution in [-0.2, 0) is 23.2 Å². The summed E-state index contributed by atoms with van der Waals surface area (Å²) in [7, 11) is 0. The molecule has 0 aliphatic carbocycles. The van der Waals surface area contributed by atoms with E-state index >= 15 is 0 Å². The second kappa shape index (κ2) is 8.51. The standard InChI is InChI=1S/C18H7F9N2O2.Cu/c1-5-9(16(30)6-2-7(19)4-8(20)3-6)17(31)29(28-5)15-13(23)11(21)10(18(25,26)27)12(22)14(15)24;/h2-4,31H,1H3;. The Hall–Kier alpha value is -2.99. The van der Waals surface area contributed by atoms with Crippen LogP contribution in [0.4, 0.5) is 39.5 Å². The van der Waals surface area contributed by atoms with Gasteiger partial charge in [-0.15, -0.1) is 0 Å². The predicted octanol–water partition coefficient (Wildman–Crippen LogP) is 4.97. The quantitative estimate of drug-likeness (QED) is 0.231. The summed E-state index contributed by atoms with van der Waals surface area (Å²) in [5.74, 6) is -15.8. The van der Waals surface area contributed by atoms with Crippen molar-refractivity contribution >= 4 is 5.78 Å². The summed E-state index contributed by atoms with van der Waals surface area (Å²) in [4.78, 5) is 12.5. The first-order chi connectivity index (χ1) is 14.3. The first-order valence-electron chi connectivity index (χ1n) is 7.98. The van der Waals surface area contributed by atoms with Crippen molar-refractivity contribution in [1.29, 1.82) is 0 Å². The number of hydrogen-bond donors (Lipinski definition) is 1. The van der Waals surface area contributed by atoms with E-state index in [4.69, 9.17) is 0 Å². The molecule has 1 radical (unpaired) electrons. The molecule has 0 spiro atoms. The number of aromatic nitrogens is 2. The van der Waals surface area contributed by atoms with Crippen LogP contribution in [0.5, 0.6) is 5.88 Å². The molecule has 32 heavy (non-hydrogen) atoms. The summed E-state index contributed by atoms with van der Waals surface area (Å²) >= 11 is 0. The average Bonchev–Trinajstić information content (AvgIpc) is 2.92. The van der Waals surface area contributed by atoms with Gasteiger partial charge in [-0.2, -0.15) is 23.0 Å². The first kappa shape index (κ1) is 25.3. The number of carbonyl (C=O) groups excluding carboxylic acids is 1. The Morgan fingerprint density at radius 1 is 0.906 bits per heavy atom. The van der Waals surface area contributed by atoms with Crippen LogP contribution in [0.2, 0.25) is 0 Å². The zero-order valence-electron chi connectivity index (χ0n) is 15.2. The molecule has 0 bridgehead atoms. The van der Waals surface area contributed by atoms with E-state index in [1.807, 2.05) is 0 Å². The van der Waals surface area contributed by atoms with Gasteiger partial charge >= 0.3 is 6.18 Å². The topological polar surface area (TPSA) is 55.1 Å².